The molecule has 0 atom stereocenters. The highest BCUT2D eigenvalue weighted by molar-refractivity contribution is 5.99. The van der Waals surface area contributed by atoms with Crippen molar-refractivity contribution in [2.45, 2.75) is 45.1 Å². The highest BCUT2D eigenvalue weighted by Crippen LogP contribution is 2.24. The van der Waals surface area contributed by atoms with Crippen LogP contribution in [0.5, 0.6) is 0 Å². The van der Waals surface area contributed by atoms with Crippen LogP contribution in [-0.2, 0) is 0 Å². The summed E-state index contributed by atoms with van der Waals surface area (Å²) in [6, 6.07) is 2.09. The van der Waals surface area contributed by atoms with Crippen LogP contribution in [0.25, 0.3) is 0 Å². The molecule has 1 aliphatic carbocycles. The Morgan fingerprint density at radius 1 is 1.44 bits per heavy atom. The largest absolute Gasteiger partial charge is 0.397 e. The molecule has 1 aromatic heterocycles. The highest BCUT2D eigenvalue weighted by Gasteiger charge is 2.25. The average molecular weight is 247 g/mol. The average Bonchev–Trinajstić information content (AvgIpc) is 2.41. The standard InChI is InChI=1S/C14H21N3O/c1-2-17(11-6-4-3-5-7-11)14(18)12-8-9-16-10-13(12)15/h8-11H,2-7,15H2,1H3. The van der Waals surface area contributed by atoms with Gasteiger partial charge in [0.25, 0.3) is 5.91 Å². The Labute approximate surface area is 108 Å². The Hall–Kier alpha value is -1.58. The minimum absolute atomic E-state index is 0.0456. The van der Waals surface area contributed by atoms with Crippen molar-refractivity contribution in [1.29, 1.82) is 0 Å². The quantitative estimate of drug-likeness (QED) is 0.892. The second kappa shape index (κ2) is 5.85. The summed E-state index contributed by atoms with van der Waals surface area (Å²) < 4.78 is 0. The fourth-order valence-corrected chi connectivity index (χ4v) is 2.72. The Morgan fingerprint density at radius 2 is 2.17 bits per heavy atom. The van der Waals surface area contributed by atoms with Gasteiger partial charge >= 0.3 is 0 Å². The van der Waals surface area contributed by atoms with Gasteiger partial charge in [0.2, 0.25) is 0 Å². The molecular formula is C14H21N3O. The summed E-state index contributed by atoms with van der Waals surface area (Å²) in [4.78, 5) is 18.4. The topological polar surface area (TPSA) is 59.2 Å². The zero-order chi connectivity index (χ0) is 13.0. The fourth-order valence-electron chi connectivity index (χ4n) is 2.72. The lowest BCUT2D eigenvalue weighted by molar-refractivity contribution is 0.0649. The molecule has 4 nitrogen and oxygen atoms in total. The lowest BCUT2D eigenvalue weighted by Crippen LogP contribution is -2.41. The third kappa shape index (κ3) is 2.63. The molecule has 4 heteroatoms. The molecule has 1 aliphatic rings. The van der Waals surface area contributed by atoms with Gasteiger partial charge in [0.05, 0.1) is 17.4 Å². The Morgan fingerprint density at radius 3 is 2.78 bits per heavy atom. The van der Waals surface area contributed by atoms with Crippen LogP contribution in [0.15, 0.2) is 18.5 Å². The number of nitrogens with two attached hydrogens (primary N) is 1. The molecule has 0 bridgehead atoms. The van der Waals surface area contributed by atoms with E-state index in [0.29, 0.717) is 17.3 Å². The number of nitrogens with zero attached hydrogens (tertiary/aromatic N) is 2. The maximum absolute atomic E-state index is 12.5. The van der Waals surface area contributed by atoms with Crippen molar-refractivity contribution < 1.29 is 4.79 Å². The van der Waals surface area contributed by atoms with Crippen molar-refractivity contribution in [3.63, 3.8) is 0 Å². The summed E-state index contributed by atoms with van der Waals surface area (Å²) in [7, 11) is 0. The molecule has 0 unspecified atom stereocenters. The van der Waals surface area contributed by atoms with E-state index in [0.717, 1.165) is 19.4 Å². The van der Waals surface area contributed by atoms with Gasteiger partial charge in [-0.2, -0.15) is 0 Å². The third-order valence-corrected chi connectivity index (χ3v) is 3.70. The van der Waals surface area contributed by atoms with Crippen molar-refractivity contribution in [3.05, 3.63) is 24.0 Å². The number of amides is 1. The first-order valence-electron chi connectivity index (χ1n) is 6.74. The predicted octanol–water partition coefficient (Wildman–Crippen LogP) is 2.46. The number of hydrogen-bond acceptors (Lipinski definition) is 3. The molecule has 2 rings (SSSR count). The maximum Gasteiger partial charge on any atom is 0.256 e. The zero-order valence-electron chi connectivity index (χ0n) is 10.9. The van der Waals surface area contributed by atoms with Crippen LogP contribution in [0, 0.1) is 0 Å². The summed E-state index contributed by atoms with van der Waals surface area (Å²) in [5.41, 5.74) is 6.88. The number of hydrogen-bond donors (Lipinski definition) is 1. The molecule has 1 heterocycles. The van der Waals surface area contributed by atoms with E-state index < -0.39 is 0 Å². The first kappa shape index (κ1) is 12.9. The molecule has 98 valence electrons. The van der Waals surface area contributed by atoms with E-state index >= 15 is 0 Å². The van der Waals surface area contributed by atoms with E-state index in [-0.39, 0.29) is 5.91 Å². The fraction of sp³-hybridized carbons (Fsp3) is 0.571. The van der Waals surface area contributed by atoms with E-state index in [1.165, 1.54) is 19.3 Å². The van der Waals surface area contributed by atoms with Crippen molar-refractivity contribution in [3.8, 4) is 0 Å². The zero-order valence-corrected chi connectivity index (χ0v) is 10.9. The van der Waals surface area contributed by atoms with E-state index in [9.17, 15) is 4.79 Å². The SMILES string of the molecule is CCN(C(=O)c1ccncc1N)C1CCCCC1. The van der Waals surface area contributed by atoms with Crippen LogP contribution in [0.3, 0.4) is 0 Å². The van der Waals surface area contributed by atoms with Gasteiger partial charge in [0, 0.05) is 18.8 Å². The van der Waals surface area contributed by atoms with Gasteiger partial charge in [-0.15, -0.1) is 0 Å². The summed E-state index contributed by atoms with van der Waals surface area (Å²) >= 11 is 0. The molecule has 1 fully saturated rings. The van der Waals surface area contributed by atoms with Gasteiger partial charge in [-0.1, -0.05) is 19.3 Å². The number of anilines is 1. The summed E-state index contributed by atoms with van der Waals surface area (Å²) in [5, 5.41) is 0. The predicted molar refractivity (Wildman–Crippen MR) is 72.2 cm³/mol. The Kier molecular flexibility index (Phi) is 4.18. The first-order chi connectivity index (χ1) is 8.74. The van der Waals surface area contributed by atoms with Gasteiger partial charge in [-0.05, 0) is 25.8 Å². The molecule has 0 aliphatic heterocycles. The minimum Gasteiger partial charge on any atom is -0.397 e. The Balaban J connectivity index is 2.17. The van der Waals surface area contributed by atoms with Crippen molar-refractivity contribution in [1.82, 2.24) is 9.88 Å². The smallest absolute Gasteiger partial charge is 0.256 e. The van der Waals surface area contributed by atoms with Crippen LogP contribution in [0.4, 0.5) is 5.69 Å². The van der Waals surface area contributed by atoms with E-state index in [1.807, 2.05) is 11.8 Å². The van der Waals surface area contributed by atoms with Crippen LogP contribution in [0.2, 0.25) is 0 Å². The number of rotatable bonds is 3. The molecule has 0 saturated heterocycles. The molecule has 0 aromatic carbocycles. The van der Waals surface area contributed by atoms with Gasteiger partial charge < -0.3 is 10.6 Å². The number of carbonyl (C=O) groups is 1. The second-order valence-electron chi connectivity index (χ2n) is 4.85. The monoisotopic (exact) mass is 247 g/mol. The molecule has 18 heavy (non-hydrogen) atoms. The highest BCUT2D eigenvalue weighted by atomic mass is 16.2. The second-order valence-corrected chi connectivity index (χ2v) is 4.85. The van der Waals surface area contributed by atoms with E-state index in [4.69, 9.17) is 5.73 Å². The minimum atomic E-state index is 0.0456. The van der Waals surface area contributed by atoms with Gasteiger partial charge in [-0.25, -0.2) is 0 Å². The molecule has 1 amide bonds. The number of carbonyl (C=O) groups excluding carboxylic acids is 1. The first-order valence-corrected chi connectivity index (χ1v) is 6.74. The van der Waals surface area contributed by atoms with Crippen molar-refractivity contribution in [2.24, 2.45) is 0 Å². The van der Waals surface area contributed by atoms with Crippen molar-refractivity contribution >= 4 is 11.6 Å². The molecule has 2 N–H and O–H groups in total. The van der Waals surface area contributed by atoms with Gasteiger partial charge in [-0.3, -0.25) is 9.78 Å². The number of pyridine rings is 1. The van der Waals surface area contributed by atoms with Gasteiger partial charge in [0.1, 0.15) is 0 Å². The number of aromatic nitrogens is 1. The number of nitrogen functional groups attached to an aromatic ring is 1. The lowest BCUT2D eigenvalue weighted by Gasteiger charge is -2.33. The molecule has 0 spiro atoms. The molecule has 0 radical (unpaired) electrons. The van der Waals surface area contributed by atoms with Crippen LogP contribution in [0.1, 0.15) is 49.4 Å². The van der Waals surface area contributed by atoms with Crippen LogP contribution in [-0.4, -0.2) is 28.4 Å². The maximum atomic E-state index is 12.5. The van der Waals surface area contributed by atoms with E-state index in [2.05, 4.69) is 4.98 Å². The van der Waals surface area contributed by atoms with Gasteiger partial charge in [0.15, 0.2) is 0 Å². The van der Waals surface area contributed by atoms with Crippen LogP contribution < -0.4 is 5.73 Å². The van der Waals surface area contributed by atoms with Crippen molar-refractivity contribution in [2.75, 3.05) is 12.3 Å². The Bertz CT molecular complexity index is 413. The summed E-state index contributed by atoms with van der Waals surface area (Å²) in [6.07, 6.45) is 9.13. The van der Waals surface area contributed by atoms with Crippen LogP contribution >= 0.6 is 0 Å². The molecule has 1 aromatic rings. The lowest BCUT2D eigenvalue weighted by atomic mass is 9.93. The molecular weight excluding hydrogens is 226 g/mol. The molecule has 1 saturated carbocycles. The van der Waals surface area contributed by atoms with E-state index in [1.54, 1.807) is 18.5 Å². The summed E-state index contributed by atoms with van der Waals surface area (Å²) in [6.45, 7) is 2.77. The normalized spacial score (nSPS) is 16.5. The third-order valence-electron chi connectivity index (χ3n) is 3.70. The summed E-state index contributed by atoms with van der Waals surface area (Å²) in [5.74, 6) is 0.0456.